The number of fused-ring (bicyclic) bond motifs is 1. The van der Waals surface area contributed by atoms with E-state index in [2.05, 4.69) is 10.3 Å². The SMILES string of the molecule is O=C(Cc1c(C(=O)[O-])[nH]c2ccc(Cl)cc12)NC1CCCC1. The fourth-order valence-electron chi connectivity index (χ4n) is 3.09. The maximum Gasteiger partial charge on any atom is 0.224 e. The quantitative estimate of drug-likeness (QED) is 0.901. The van der Waals surface area contributed by atoms with E-state index in [0.717, 1.165) is 25.7 Å². The van der Waals surface area contributed by atoms with E-state index in [4.69, 9.17) is 11.6 Å². The van der Waals surface area contributed by atoms with Gasteiger partial charge in [-0.05, 0) is 36.6 Å². The third kappa shape index (κ3) is 2.95. The third-order valence-electron chi connectivity index (χ3n) is 4.13. The first-order valence-corrected chi connectivity index (χ1v) is 7.73. The Morgan fingerprint density at radius 1 is 1.32 bits per heavy atom. The summed E-state index contributed by atoms with van der Waals surface area (Å²) in [7, 11) is 0. The van der Waals surface area contributed by atoms with Crippen LogP contribution in [-0.2, 0) is 11.2 Å². The summed E-state index contributed by atoms with van der Waals surface area (Å²) in [5.74, 6) is -1.49. The molecule has 2 N–H and O–H groups in total. The summed E-state index contributed by atoms with van der Waals surface area (Å²) < 4.78 is 0. The van der Waals surface area contributed by atoms with Crippen LogP contribution in [0.5, 0.6) is 0 Å². The Morgan fingerprint density at radius 3 is 2.73 bits per heavy atom. The van der Waals surface area contributed by atoms with Gasteiger partial charge in [-0.1, -0.05) is 24.4 Å². The van der Waals surface area contributed by atoms with Crippen LogP contribution in [0.1, 0.15) is 41.7 Å². The number of amides is 1. The molecule has 116 valence electrons. The average Bonchev–Trinajstić information content (AvgIpc) is 3.07. The number of carbonyl (C=O) groups is 2. The largest absolute Gasteiger partial charge is 0.543 e. The second kappa shape index (κ2) is 6.01. The fourth-order valence-corrected chi connectivity index (χ4v) is 3.26. The second-order valence-corrected chi connectivity index (χ2v) is 6.12. The highest BCUT2D eigenvalue weighted by Crippen LogP contribution is 2.26. The van der Waals surface area contributed by atoms with Crippen molar-refractivity contribution in [2.24, 2.45) is 0 Å². The van der Waals surface area contributed by atoms with Gasteiger partial charge in [0.15, 0.2) is 0 Å². The van der Waals surface area contributed by atoms with E-state index in [1.165, 1.54) is 0 Å². The minimum atomic E-state index is -1.32. The first-order valence-electron chi connectivity index (χ1n) is 7.35. The minimum absolute atomic E-state index is 0.000154. The smallest absolute Gasteiger partial charge is 0.224 e. The van der Waals surface area contributed by atoms with Crippen molar-refractivity contribution in [1.29, 1.82) is 0 Å². The number of carboxylic acid groups (broad SMARTS) is 1. The predicted molar refractivity (Wildman–Crippen MR) is 81.7 cm³/mol. The number of aromatic nitrogens is 1. The maximum atomic E-state index is 12.2. The topological polar surface area (TPSA) is 85.0 Å². The molecule has 1 aromatic heterocycles. The summed E-state index contributed by atoms with van der Waals surface area (Å²) in [5, 5.41) is 15.4. The molecule has 1 aliphatic carbocycles. The molecule has 0 bridgehead atoms. The van der Waals surface area contributed by atoms with Crippen LogP contribution in [0.4, 0.5) is 0 Å². The van der Waals surface area contributed by atoms with E-state index < -0.39 is 5.97 Å². The van der Waals surface area contributed by atoms with E-state index in [9.17, 15) is 14.7 Å². The number of H-pyrrole nitrogens is 1. The number of halogens is 1. The summed E-state index contributed by atoms with van der Waals surface area (Å²) in [6.45, 7) is 0. The Kier molecular flexibility index (Phi) is 4.07. The van der Waals surface area contributed by atoms with E-state index in [1.54, 1.807) is 18.2 Å². The molecule has 0 unspecified atom stereocenters. The van der Waals surface area contributed by atoms with Crippen molar-refractivity contribution >= 4 is 34.4 Å². The number of hydrogen-bond donors (Lipinski definition) is 2. The molecule has 1 heterocycles. The Balaban J connectivity index is 1.90. The van der Waals surface area contributed by atoms with Crippen LogP contribution in [0.25, 0.3) is 10.9 Å². The number of rotatable bonds is 4. The standard InChI is InChI=1S/C16H17ClN2O3/c17-9-5-6-13-11(7-9)12(15(19-13)16(21)22)8-14(20)18-10-3-1-2-4-10/h5-7,10,19H,1-4,8H2,(H,18,20)(H,21,22)/p-1. The number of aromatic carboxylic acids is 1. The molecular weight excluding hydrogens is 304 g/mol. The van der Waals surface area contributed by atoms with Crippen molar-refractivity contribution in [2.75, 3.05) is 0 Å². The van der Waals surface area contributed by atoms with Gasteiger partial charge in [0, 0.05) is 22.0 Å². The molecule has 1 saturated carbocycles. The average molecular weight is 320 g/mol. The van der Waals surface area contributed by atoms with Crippen molar-refractivity contribution in [3.8, 4) is 0 Å². The number of nitrogens with one attached hydrogen (secondary N) is 2. The Morgan fingerprint density at radius 2 is 2.05 bits per heavy atom. The summed E-state index contributed by atoms with van der Waals surface area (Å²) in [6.07, 6.45) is 4.22. The highest BCUT2D eigenvalue weighted by molar-refractivity contribution is 6.31. The summed E-state index contributed by atoms with van der Waals surface area (Å²) in [6, 6.07) is 5.23. The summed E-state index contributed by atoms with van der Waals surface area (Å²) >= 11 is 5.98. The highest BCUT2D eigenvalue weighted by Gasteiger charge is 2.20. The molecule has 1 aliphatic rings. The Bertz CT molecular complexity index is 732. The molecular formula is C16H16ClN2O3-. The van der Waals surface area contributed by atoms with Gasteiger partial charge in [0.2, 0.25) is 5.91 Å². The molecule has 3 rings (SSSR count). The minimum Gasteiger partial charge on any atom is -0.543 e. The van der Waals surface area contributed by atoms with Crippen LogP contribution in [0.2, 0.25) is 5.02 Å². The van der Waals surface area contributed by atoms with Crippen molar-refractivity contribution in [3.63, 3.8) is 0 Å². The molecule has 1 amide bonds. The predicted octanol–water partition coefficient (Wildman–Crippen LogP) is 1.79. The lowest BCUT2D eigenvalue weighted by atomic mass is 10.1. The summed E-state index contributed by atoms with van der Waals surface area (Å²) in [4.78, 5) is 26.3. The number of carbonyl (C=O) groups excluding carboxylic acids is 2. The third-order valence-corrected chi connectivity index (χ3v) is 4.37. The highest BCUT2D eigenvalue weighted by atomic mass is 35.5. The molecule has 22 heavy (non-hydrogen) atoms. The van der Waals surface area contributed by atoms with Gasteiger partial charge in [-0.2, -0.15) is 0 Å². The maximum absolute atomic E-state index is 12.2. The van der Waals surface area contributed by atoms with Gasteiger partial charge < -0.3 is 20.2 Å². The van der Waals surface area contributed by atoms with Crippen molar-refractivity contribution in [3.05, 3.63) is 34.5 Å². The van der Waals surface area contributed by atoms with Crippen LogP contribution in [0, 0.1) is 0 Å². The lowest BCUT2D eigenvalue weighted by molar-refractivity contribution is -0.255. The normalized spacial score (nSPS) is 15.3. The Hall–Kier alpha value is -2.01. The monoisotopic (exact) mass is 319 g/mol. The van der Waals surface area contributed by atoms with Gasteiger partial charge in [0.05, 0.1) is 18.1 Å². The molecule has 1 fully saturated rings. The fraction of sp³-hybridized carbons (Fsp3) is 0.375. The van der Waals surface area contributed by atoms with E-state index in [-0.39, 0.29) is 24.1 Å². The lowest BCUT2D eigenvalue weighted by Gasteiger charge is -2.12. The molecule has 0 atom stereocenters. The molecule has 5 nitrogen and oxygen atoms in total. The van der Waals surface area contributed by atoms with Gasteiger partial charge in [-0.25, -0.2) is 0 Å². The zero-order valence-corrected chi connectivity index (χ0v) is 12.7. The van der Waals surface area contributed by atoms with Crippen LogP contribution >= 0.6 is 11.6 Å². The van der Waals surface area contributed by atoms with Crippen LogP contribution in [-0.4, -0.2) is 22.9 Å². The van der Waals surface area contributed by atoms with E-state index in [1.807, 2.05) is 0 Å². The second-order valence-electron chi connectivity index (χ2n) is 5.68. The molecule has 0 aliphatic heterocycles. The zero-order chi connectivity index (χ0) is 15.7. The molecule has 2 aromatic rings. The van der Waals surface area contributed by atoms with Gasteiger partial charge in [-0.3, -0.25) is 4.79 Å². The number of carboxylic acids is 1. The number of hydrogen-bond acceptors (Lipinski definition) is 3. The van der Waals surface area contributed by atoms with Crippen molar-refractivity contribution in [2.45, 2.75) is 38.1 Å². The number of benzene rings is 1. The lowest BCUT2D eigenvalue weighted by Crippen LogP contribution is -2.34. The van der Waals surface area contributed by atoms with Crippen molar-refractivity contribution in [1.82, 2.24) is 10.3 Å². The number of aromatic amines is 1. The zero-order valence-electron chi connectivity index (χ0n) is 11.9. The van der Waals surface area contributed by atoms with Crippen LogP contribution in [0.15, 0.2) is 18.2 Å². The molecule has 0 radical (unpaired) electrons. The van der Waals surface area contributed by atoms with Crippen molar-refractivity contribution < 1.29 is 14.7 Å². The van der Waals surface area contributed by atoms with Crippen LogP contribution in [0.3, 0.4) is 0 Å². The van der Waals surface area contributed by atoms with E-state index >= 15 is 0 Å². The van der Waals surface area contributed by atoms with Gasteiger partial charge in [0.25, 0.3) is 0 Å². The van der Waals surface area contributed by atoms with Gasteiger partial charge in [0.1, 0.15) is 0 Å². The van der Waals surface area contributed by atoms with E-state index in [0.29, 0.717) is 21.5 Å². The van der Waals surface area contributed by atoms with Gasteiger partial charge >= 0.3 is 0 Å². The molecule has 0 spiro atoms. The first-order chi connectivity index (χ1) is 10.5. The first kappa shape index (κ1) is 14.9. The van der Waals surface area contributed by atoms with Crippen LogP contribution < -0.4 is 10.4 Å². The molecule has 1 aromatic carbocycles. The molecule has 0 saturated heterocycles. The Labute approximate surface area is 132 Å². The summed E-state index contributed by atoms with van der Waals surface area (Å²) in [5.41, 5.74) is 0.999. The van der Waals surface area contributed by atoms with Gasteiger partial charge in [-0.15, -0.1) is 0 Å². The molecule has 6 heteroatoms.